The van der Waals surface area contributed by atoms with Crippen molar-refractivity contribution in [2.75, 3.05) is 6.26 Å². The van der Waals surface area contributed by atoms with Gasteiger partial charge < -0.3 is 5.32 Å². The second-order valence-electron chi connectivity index (χ2n) is 6.28. The van der Waals surface area contributed by atoms with E-state index in [4.69, 9.17) is 0 Å². The summed E-state index contributed by atoms with van der Waals surface area (Å²) in [5, 5.41) is 7.63. The average Bonchev–Trinajstić information content (AvgIpc) is 3.07. The van der Waals surface area contributed by atoms with Crippen LogP contribution in [0, 0.1) is 0 Å². The molecule has 0 bridgehead atoms. The van der Waals surface area contributed by atoms with Gasteiger partial charge in [-0.05, 0) is 37.0 Å². The Bertz CT molecular complexity index is 741. The van der Waals surface area contributed by atoms with E-state index in [-0.39, 0.29) is 11.3 Å². The quantitative estimate of drug-likeness (QED) is 0.912. The van der Waals surface area contributed by atoms with Crippen molar-refractivity contribution >= 4 is 9.84 Å². The fourth-order valence-corrected chi connectivity index (χ4v) is 4.45. The van der Waals surface area contributed by atoms with E-state index in [1.165, 1.54) is 6.26 Å². The van der Waals surface area contributed by atoms with Crippen LogP contribution in [0.3, 0.4) is 0 Å². The van der Waals surface area contributed by atoms with E-state index >= 15 is 0 Å². The van der Waals surface area contributed by atoms with Crippen LogP contribution in [-0.2, 0) is 16.4 Å². The lowest BCUT2D eigenvalue weighted by Gasteiger charge is -2.29. The normalized spacial score (nSPS) is 22.1. The molecular weight excluding hydrogens is 310 g/mol. The van der Waals surface area contributed by atoms with Crippen molar-refractivity contribution in [2.24, 2.45) is 0 Å². The first-order valence-corrected chi connectivity index (χ1v) is 9.99. The molecule has 3 rings (SSSR count). The van der Waals surface area contributed by atoms with Gasteiger partial charge in [-0.2, -0.15) is 5.10 Å². The molecule has 0 unspecified atom stereocenters. The molecule has 1 aromatic heterocycles. The van der Waals surface area contributed by atoms with Gasteiger partial charge in [0, 0.05) is 31.2 Å². The molecule has 6 heteroatoms. The van der Waals surface area contributed by atoms with Gasteiger partial charge in [-0.25, -0.2) is 13.1 Å². The van der Waals surface area contributed by atoms with Crippen molar-refractivity contribution in [2.45, 2.75) is 43.5 Å². The Morgan fingerprint density at radius 2 is 2.09 bits per heavy atom. The lowest BCUT2D eigenvalue weighted by Crippen LogP contribution is -2.38. The summed E-state index contributed by atoms with van der Waals surface area (Å²) in [6, 6.07) is 10.3. The summed E-state index contributed by atoms with van der Waals surface area (Å²) in [5.41, 5.74) is 2.22. The van der Waals surface area contributed by atoms with E-state index in [1.807, 2.05) is 35.1 Å². The molecule has 5 nitrogen and oxygen atoms in total. The first kappa shape index (κ1) is 16.2. The minimum atomic E-state index is -2.94. The Hall–Kier alpha value is -1.66. The minimum absolute atomic E-state index is 0.199. The second-order valence-corrected chi connectivity index (χ2v) is 8.60. The molecule has 1 saturated carbocycles. The summed E-state index contributed by atoms with van der Waals surface area (Å²) in [6.07, 6.45) is 8.56. The lowest BCUT2D eigenvalue weighted by atomic mass is 9.94. The molecule has 0 radical (unpaired) electrons. The lowest BCUT2D eigenvalue weighted by molar-refractivity contribution is 0.371. The highest BCUT2D eigenvalue weighted by Crippen LogP contribution is 2.24. The van der Waals surface area contributed by atoms with Crippen molar-refractivity contribution < 1.29 is 8.42 Å². The van der Waals surface area contributed by atoms with Crippen molar-refractivity contribution in [1.29, 1.82) is 0 Å². The topological polar surface area (TPSA) is 64.0 Å². The molecule has 0 amide bonds. The second kappa shape index (κ2) is 6.84. The van der Waals surface area contributed by atoms with Crippen LogP contribution in [0.1, 0.15) is 31.2 Å². The molecule has 2 aromatic rings. The predicted molar refractivity (Wildman–Crippen MR) is 91.3 cm³/mol. The molecule has 23 heavy (non-hydrogen) atoms. The van der Waals surface area contributed by atoms with Gasteiger partial charge in [0.15, 0.2) is 0 Å². The Balaban J connectivity index is 1.67. The SMILES string of the molecule is CS(=O)(=O)[C@@H]1CCC[C@H](NCc2ccccc2-n2cccn2)C1. The van der Waals surface area contributed by atoms with Gasteiger partial charge >= 0.3 is 0 Å². The zero-order valence-corrected chi connectivity index (χ0v) is 14.2. The highest BCUT2D eigenvalue weighted by atomic mass is 32.2. The zero-order valence-electron chi connectivity index (χ0n) is 13.4. The Morgan fingerprint density at radius 1 is 1.26 bits per heavy atom. The summed E-state index contributed by atoms with van der Waals surface area (Å²) in [6.45, 7) is 0.719. The van der Waals surface area contributed by atoms with Crippen LogP contribution in [-0.4, -0.2) is 35.7 Å². The van der Waals surface area contributed by atoms with E-state index in [0.717, 1.165) is 37.1 Å². The number of hydrogen-bond donors (Lipinski definition) is 1. The van der Waals surface area contributed by atoms with Crippen LogP contribution in [0.15, 0.2) is 42.7 Å². The van der Waals surface area contributed by atoms with Crippen LogP contribution in [0.4, 0.5) is 0 Å². The molecule has 1 N–H and O–H groups in total. The number of hydrogen-bond acceptors (Lipinski definition) is 4. The van der Waals surface area contributed by atoms with Crippen molar-refractivity contribution in [3.05, 3.63) is 48.3 Å². The Kier molecular flexibility index (Phi) is 4.82. The van der Waals surface area contributed by atoms with Crippen molar-refractivity contribution in [3.8, 4) is 5.69 Å². The summed E-state index contributed by atoms with van der Waals surface area (Å²) < 4.78 is 25.4. The van der Waals surface area contributed by atoms with E-state index in [2.05, 4.69) is 16.5 Å². The summed E-state index contributed by atoms with van der Waals surface area (Å²) in [4.78, 5) is 0. The number of nitrogens with one attached hydrogen (secondary N) is 1. The summed E-state index contributed by atoms with van der Waals surface area (Å²) in [7, 11) is -2.94. The van der Waals surface area contributed by atoms with E-state index in [9.17, 15) is 8.42 Å². The molecule has 124 valence electrons. The van der Waals surface area contributed by atoms with Crippen LogP contribution in [0.5, 0.6) is 0 Å². The molecule has 1 heterocycles. The molecule has 2 atom stereocenters. The molecule has 1 fully saturated rings. The van der Waals surface area contributed by atoms with Crippen LogP contribution in [0.2, 0.25) is 0 Å². The standard InChI is InChI=1S/C17H23N3O2S/c1-23(21,22)16-8-4-7-15(12-16)18-13-14-6-2-3-9-17(14)20-11-5-10-19-20/h2-3,5-6,9-11,15-16,18H,4,7-8,12-13H2,1H3/t15-,16+/m0/s1. The van der Waals surface area contributed by atoms with Gasteiger partial charge in [-0.15, -0.1) is 0 Å². The number of rotatable bonds is 5. The van der Waals surface area contributed by atoms with Crippen molar-refractivity contribution in [1.82, 2.24) is 15.1 Å². The maximum Gasteiger partial charge on any atom is 0.150 e. The number of sulfone groups is 1. The third-order valence-electron chi connectivity index (χ3n) is 4.56. The summed E-state index contributed by atoms with van der Waals surface area (Å²) in [5.74, 6) is 0. The van der Waals surface area contributed by atoms with Gasteiger partial charge in [0.1, 0.15) is 9.84 Å². The van der Waals surface area contributed by atoms with Crippen LogP contribution >= 0.6 is 0 Å². The molecule has 1 aromatic carbocycles. The molecule has 0 spiro atoms. The number of aromatic nitrogens is 2. The van der Waals surface area contributed by atoms with Crippen LogP contribution < -0.4 is 5.32 Å². The molecule has 1 aliphatic rings. The molecular formula is C17H23N3O2S. The Morgan fingerprint density at radius 3 is 2.83 bits per heavy atom. The number of para-hydroxylation sites is 1. The highest BCUT2D eigenvalue weighted by molar-refractivity contribution is 7.91. The van der Waals surface area contributed by atoms with Gasteiger partial charge in [-0.3, -0.25) is 0 Å². The fourth-order valence-electron chi connectivity index (χ4n) is 3.27. The van der Waals surface area contributed by atoms with Gasteiger partial charge in [0.2, 0.25) is 0 Å². The zero-order chi connectivity index (χ0) is 16.3. The first-order valence-electron chi connectivity index (χ1n) is 8.04. The number of nitrogens with zero attached hydrogens (tertiary/aromatic N) is 2. The third-order valence-corrected chi connectivity index (χ3v) is 6.19. The van der Waals surface area contributed by atoms with Gasteiger partial charge in [-0.1, -0.05) is 24.6 Å². The molecule has 1 aliphatic carbocycles. The van der Waals surface area contributed by atoms with E-state index in [0.29, 0.717) is 6.42 Å². The average molecular weight is 333 g/mol. The fraction of sp³-hybridized carbons (Fsp3) is 0.471. The third kappa shape index (κ3) is 4.00. The summed E-state index contributed by atoms with van der Waals surface area (Å²) >= 11 is 0. The largest absolute Gasteiger partial charge is 0.310 e. The maximum absolute atomic E-state index is 11.8. The smallest absolute Gasteiger partial charge is 0.150 e. The maximum atomic E-state index is 11.8. The van der Waals surface area contributed by atoms with E-state index in [1.54, 1.807) is 6.20 Å². The van der Waals surface area contributed by atoms with Gasteiger partial charge in [0.05, 0.1) is 10.9 Å². The minimum Gasteiger partial charge on any atom is -0.310 e. The molecule has 0 saturated heterocycles. The highest BCUT2D eigenvalue weighted by Gasteiger charge is 2.28. The monoisotopic (exact) mass is 333 g/mol. The van der Waals surface area contributed by atoms with Crippen LogP contribution in [0.25, 0.3) is 5.69 Å². The van der Waals surface area contributed by atoms with E-state index < -0.39 is 9.84 Å². The molecule has 0 aliphatic heterocycles. The number of benzene rings is 1. The predicted octanol–water partition coefficient (Wildman–Crippen LogP) is 2.32. The van der Waals surface area contributed by atoms with Gasteiger partial charge in [0.25, 0.3) is 0 Å². The first-order chi connectivity index (χ1) is 11.0. The van der Waals surface area contributed by atoms with Crippen molar-refractivity contribution in [3.63, 3.8) is 0 Å². The Labute approximate surface area is 137 Å².